The van der Waals surface area contributed by atoms with Gasteiger partial charge in [0, 0.05) is 25.7 Å². The zero-order valence-corrected chi connectivity index (χ0v) is 12.6. The van der Waals surface area contributed by atoms with Gasteiger partial charge in [0.25, 0.3) is 0 Å². The summed E-state index contributed by atoms with van der Waals surface area (Å²) in [6.45, 7) is 0. The Bertz CT molecular complexity index is 730. The minimum atomic E-state index is 0.404. The van der Waals surface area contributed by atoms with Gasteiger partial charge in [-0.25, -0.2) is 0 Å². The molecule has 21 heavy (non-hydrogen) atoms. The van der Waals surface area contributed by atoms with Gasteiger partial charge in [0.2, 0.25) is 0 Å². The molecule has 1 aromatic heterocycles. The molecule has 0 saturated carbocycles. The third kappa shape index (κ3) is 3.31. The van der Waals surface area contributed by atoms with Gasteiger partial charge in [-0.3, -0.25) is 4.68 Å². The molecule has 3 nitrogen and oxygen atoms in total. The largest absolute Gasteiger partial charge is 0.316 e. The van der Waals surface area contributed by atoms with Crippen LogP contribution in [-0.4, -0.2) is 22.9 Å². The van der Waals surface area contributed by atoms with Crippen LogP contribution in [0.5, 0.6) is 0 Å². The monoisotopic (exact) mass is 279 g/mol. The van der Waals surface area contributed by atoms with Gasteiger partial charge in [-0.2, -0.15) is 5.10 Å². The van der Waals surface area contributed by atoms with Crippen molar-refractivity contribution in [2.45, 2.75) is 18.9 Å². The first-order valence-corrected chi connectivity index (χ1v) is 7.38. The van der Waals surface area contributed by atoms with Crippen molar-refractivity contribution < 1.29 is 0 Å². The van der Waals surface area contributed by atoms with Crippen molar-refractivity contribution in [1.29, 1.82) is 0 Å². The van der Waals surface area contributed by atoms with Crippen LogP contribution in [0.1, 0.15) is 11.3 Å². The minimum Gasteiger partial charge on any atom is -0.316 e. The second-order valence-corrected chi connectivity index (χ2v) is 5.56. The molecule has 0 bridgehead atoms. The molecule has 0 radical (unpaired) electrons. The highest BCUT2D eigenvalue weighted by Crippen LogP contribution is 2.17. The smallest absolute Gasteiger partial charge is 0.0640 e. The van der Waals surface area contributed by atoms with Crippen LogP contribution >= 0.6 is 0 Å². The number of nitrogens with zero attached hydrogens (tertiary/aromatic N) is 2. The number of likely N-dealkylation sites (N-methyl/N-ethyl adjacent to an activating group) is 1. The summed E-state index contributed by atoms with van der Waals surface area (Å²) in [7, 11) is 3.98. The number of hydrogen-bond acceptors (Lipinski definition) is 2. The van der Waals surface area contributed by atoms with Gasteiger partial charge in [-0.05, 0) is 35.9 Å². The lowest BCUT2D eigenvalue weighted by molar-refractivity contribution is 0.546. The van der Waals surface area contributed by atoms with Crippen molar-refractivity contribution in [3.05, 3.63) is 66.0 Å². The van der Waals surface area contributed by atoms with E-state index in [1.54, 1.807) is 0 Å². The summed E-state index contributed by atoms with van der Waals surface area (Å²) in [4.78, 5) is 0. The number of hydrogen-bond donors (Lipinski definition) is 1. The zero-order chi connectivity index (χ0) is 14.7. The summed E-state index contributed by atoms with van der Waals surface area (Å²) in [6.07, 6.45) is 3.96. The van der Waals surface area contributed by atoms with Gasteiger partial charge >= 0.3 is 0 Å². The van der Waals surface area contributed by atoms with Gasteiger partial charge in [0.1, 0.15) is 0 Å². The lowest BCUT2D eigenvalue weighted by atomic mass is 9.99. The van der Waals surface area contributed by atoms with Crippen molar-refractivity contribution in [1.82, 2.24) is 15.1 Å². The molecule has 0 aliphatic heterocycles. The van der Waals surface area contributed by atoms with Crippen LogP contribution in [0.2, 0.25) is 0 Å². The summed E-state index contributed by atoms with van der Waals surface area (Å²) in [5.41, 5.74) is 2.50. The van der Waals surface area contributed by atoms with Crippen LogP contribution in [0.3, 0.4) is 0 Å². The fourth-order valence-corrected chi connectivity index (χ4v) is 2.75. The van der Waals surface area contributed by atoms with E-state index in [1.807, 2.05) is 25.0 Å². The molecule has 3 heteroatoms. The van der Waals surface area contributed by atoms with Crippen molar-refractivity contribution in [2.24, 2.45) is 7.05 Å². The Balaban J connectivity index is 1.75. The summed E-state index contributed by atoms with van der Waals surface area (Å²) in [6, 6.07) is 17.7. The van der Waals surface area contributed by atoms with E-state index in [4.69, 9.17) is 0 Å². The average Bonchev–Trinajstić information content (AvgIpc) is 2.91. The fraction of sp³-hybridized carbons (Fsp3) is 0.278. The molecule has 1 unspecified atom stereocenters. The Kier molecular flexibility index (Phi) is 4.02. The Morgan fingerprint density at radius 3 is 2.57 bits per heavy atom. The topological polar surface area (TPSA) is 29.9 Å². The maximum atomic E-state index is 4.47. The highest BCUT2D eigenvalue weighted by Gasteiger charge is 2.10. The number of rotatable bonds is 5. The molecule has 1 atom stereocenters. The molecular formula is C18H21N3. The van der Waals surface area contributed by atoms with Crippen molar-refractivity contribution in [3.63, 3.8) is 0 Å². The minimum absolute atomic E-state index is 0.404. The van der Waals surface area contributed by atoms with Crippen LogP contribution in [-0.2, 0) is 19.9 Å². The predicted molar refractivity (Wildman–Crippen MR) is 87.4 cm³/mol. The molecule has 0 fully saturated rings. The second kappa shape index (κ2) is 6.10. The van der Waals surface area contributed by atoms with E-state index in [-0.39, 0.29) is 0 Å². The number of aryl methyl sites for hydroxylation is 1. The lowest BCUT2D eigenvalue weighted by Gasteiger charge is -2.15. The Morgan fingerprint density at radius 2 is 1.86 bits per heavy atom. The Labute approximate surface area is 125 Å². The lowest BCUT2D eigenvalue weighted by Crippen LogP contribution is -2.30. The Hall–Kier alpha value is -2.13. The summed E-state index contributed by atoms with van der Waals surface area (Å²) < 4.78 is 1.86. The summed E-state index contributed by atoms with van der Waals surface area (Å²) in [5.74, 6) is 0. The van der Waals surface area contributed by atoms with Crippen LogP contribution in [0.15, 0.2) is 54.7 Å². The van der Waals surface area contributed by atoms with Gasteiger partial charge in [0.05, 0.1) is 5.69 Å². The molecule has 0 saturated heterocycles. The SMILES string of the molecule is CNC(Cc1ccc2ccccc2c1)Cc1ccn(C)n1. The number of fused-ring (bicyclic) bond motifs is 1. The molecule has 3 aromatic rings. The van der Waals surface area contributed by atoms with E-state index >= 15 is 0 Å². The molecule has 108 valence electrons. The predicted octanol–water partition coefficient (Wildman–Crippen LogP) is 2.95. The van der Waals surface area contributed by atoms with Crippen LogP contribution < -0.4 is 5.32 Å². The van der Waals surface area contributed by atoms with Gasteiger partial charge in [-0.15, -0.1) is 0 Å². The van der Waals surface area contributed by atoms with E-state index in [2.05, 4.69) is 58.9 Å². The number of nitrogens with one attached hydrogen (secondary N) is 1. The second-order valence-electron chi connectivity index (χ2n) is 5.56. The van der Waals surface area contributed by atoms with Gasteiger partial charge in [-0.1, -0.05) is 42.5 Å². The zero-order valence-electron chi connectivity index (χ0n) is 12.6. The maximum Gasteiger partial charge on any atom is 0.0640 e. The quantitative estimate of drug-likeness (QED) is 0.778. The van der Waals surface area contributed by atoms with Gasteiger partial charge in [0.15, 0.2) is 0 Å². The first-order chi connectivity index (χ1) is 10.2. The molecule has 0 amide bonds. The average molecular weight is 279 g/mol. The maximum absolute atomic E-state index is 4.47. The fourth-order valence-electron chi connectivity index (χ4n) is 2.75. The van der Waals surface area contributed by atoms with Crippen molar-refractivity contribution in [2.75, 3.05) is 7.05 Å². The molecular weight excluding hydrogens is 258 g/mol. The highest BCUT2D eigenvalue weighted by molar-refractivity contribution is 5.82. The molecule has 1 heterocycles. The summed E-state index contributed by atoms with van der Waals surface area (Å²) in [5, 5.41) is 10.5. The standard InChI is InChI=1S/C18H21N3/c1-19-18(13-17-9-10-21(2)20-17)12-14-7-8-15-5-3-4-6-16(15)11-14/h3-11,18-19H,12-13H2,1-2H3. The van der Waals surface area contributed by atoms with E-state index in [0.717, 1.165) is 18.5 Å². The number of aromatic nitrogens is 2. The van der Waals surface area contributed by atoms with E-state index in [1.165, 1.54) is 16.3 Å². The molecule has 0 aliphatic rings. The molecule has 2 aromatic carbocycles. The number of benzene rings is 2. The third-order valence-corrected chi connectivity index (χ3v) is 3.93. The molecule has 0 aliphatic carbocycles. The Morgan fingerprint density at radius 1 is 1.05 bits per heavy atom. The molecule has 3 rings (SSSR count). The van der Waals surface area contributed by atoms with Crippen molar-refractivity contribution >= 4 is 10.8 Å². The molecule has 0 spiro atoms. The van der Waals surface area contributed by atoms with Crippen LogP contribution in [0.4, 0.5) is 0 Å². The van der Waals surface area contributed by atoms with Crippen LogP contribution in [0.25, 0.3) is 10.8 Å². The summed E-state index contributed by atoms with van der Waals surface area (Å²) >= 11 is 0. The molecule has 1 N–H and O–H groups in total. The van der Waals surface area contributed by atoms with E-state index in [0.29, 0.717) is 6.04 Å². The normalized spacial score (nSPS) is 12.7. The van der Waals surface area contributed by atoms with Gasteiger partial charge < -0.3 is 5.32 Å². The third-order valence-electron chi connectivity index (χ3n) is 3.93. The van der Waals surface area contributed by atoms with E-state index in [9.17, 15) is 0 Å². The first kappa shape index (κ1) is 13.8. The first-order valence-electron chi connectivity index (χ1n) is 7.38. The van der Waals surface area contributed by atoms with Crippen LogP contribution in [0, 0.1) is 0 Å². The van der Waals surface area contributed by atoms with E-state index < -0.39 is 0 Å². The highest BCUT2D eigenvalue weighted by atomic mass is 15.2. The van der Waals surface area contributed by atoms with Crippen molar-refractivity contribution in [3.8, 4) is 0 Å².